The Bertz CT molecular complexity index is 292. The molecule has 0 heterocycles. The van der Waals surface area contributed by atoms with Crippen molar-refractivity contribution < 1.29 is 9.53 Å². The molecule has 0 aliphatic heterocycles. The highest BCUT2D eigenvalue weighted by Gasteiger charge is 2.00. The molecular weight excluding hydrogens is 272 g/mol. The van der Waals surface area contributed by atoms with Gasteiger partial charge in [0, 0.05) is 6.42 Å². The number of ether oxygens (including phenoxy) is 1. The Morgan fingerprint density at radius 2 is 1.32 bits per heavy atom. The molecule has 128 valence electrons. The van der Waals surface area contributed by atoms with Crippen LogP contribution in [0.15, 0.2) is 24.3 Å². The van der Waals surface area contributed by atoms with Crippen molar-refractivity contribution in [1.29, 1.82) is 0 Å². The van der Waals surface area contributed by atoms with Gasteiger partial charge in [0.05, 0.1) is 6.61 Å². The highest BCUT2D eigenvalue weighted by atomic mass is 16.5. The van der Waals surface area contributed by atoms with Gasteiger partial charge in [0.15, 0.2) is 0 Å². The van der Waals surface area contributed by atoms with E-state index in [1.54, 1.807) is 0 Å². The summed E-state index contributed by atoms with van der Waals surface area (Å²) in [5.41, 5.74) is 0. The van der Waals surface area contributed by atoms with E-state index < -0.39 is 0 Å². The summed E-state index contributed by atoms with van der Waals surface area (Å²) in [6, 6.07) is 0. The second-order valence-electron chi connectivity index (χ2n) is 5.82. The van der Waals surface area contributed by atoms with Gasteiger partial charge in [-0.15, -0.1) is 0 Å². The van der Waals surface area contributed by atoms with E-state index in [0.717, 1.165) is 19.3 Å². The summed E-state index contributed by atoms with van der Waals surface area (Å²) in [6.07, 6.45) is 23.1. The molecule has 2 nitrogen and oxygen atoms in total. The second-order valence-corrected chi connectivity index (χ2v) is 5.82. The average Bonchev–Trinajstić information content (AvgIpc) is 2.51. The van der Waals surface area contributed by atoms with Gasteiger partial charge in [-0.3, -0.25) is 4.79 Å². The van der Waals surface area contributed by atoms with Gasteiger partial charge in [-0.2, -0.15) is 0 Å². The molecule has 0 aromatic carbocycles. The Morgan fingerprint density at radius 1 is 0.773 bits per heavy atom. The summed E-state index contributed by atoms with van der Waals surface area (Å²) in [6.45, 7) is 4.60. The third-order valence-corrected chi connectivity index (χ3v) is 3.66. The summed E-state index contributed by atoms with van der Waals surface area (Å²) in [5, 5.41) is 0. The zero-order valence-corrected chi connectivity index (χ0v) is 14.8. The van der Waals surface area contributed by atoms with E-state index in [2.05, 4.69) is 31.2 Å². The van der Waals surface area contributed by atoms with Crippen molar-refractivity contribution in [2.45, 2.75) is 90.9 Å². The number of carbonyl (C=O) groups is 1. The Balaban J connectivity index is 3.23. The number of carbonyl (C=O) groups excluding carboxylic acids is 1. The molecule has 22 heavy (non-hydrogen) atoms. The van der Waals surface area contributed by atoms with Crippen LogP contribution in [0, 0.1) is 0 Å². The molecule has 0 rings (SSSR count). The number of hydrogen-bond acceptors (Lipinski definition) is 2. The molecule has 0 saturated heterocycles. The first-order chi connectivity index (χ1) is 10.8. The molecule has 0 aliphatic rings. The van der Waals surface area contributed by atoms with E-state index >= 15 is 0 Å². The lowest BCUT2D eigenvalue weighted by atomic mass is 10.1. The van der Waals surface area contributed by atoms with Gasteiger partial charge < -0.3 is 4.74 Å². The van der Waals surface area contributed by atoms with Crippen LogP contribution in [-0.2, 0) is 9.53 Å². The van der Waals surface area contributed by atoms with Crippen LogP contribution in [0.3, 0.4) is 0 Å². The highest BCUT2D eigenvalue weighted by Crippen LogP contribution is 2.08. The van der Waals surface area contributed by atoms with Crippen LogP contribution >= 0.6 is 0 Å². The van der Waals surface area contributed by atoms with Crippen molar-refractivity contribution >= 4 is 5.97 Å². The minimum absolute atomic E-state index is 0.0492. The van der Waals surface area contributed by atoms with Crippen molar-refractivity contribution in [3.8, 4) is 0 Å². The lowest BCUT2D eigenvalue weighted by molar-refractivity contribution is -0.143. The zero-order valence-electron chi connectivity index (χ0n) is 14.8. The van der Waals surface area contributed by atoms with Crippen LogP contribution in [0.4, 0.5) is 0 Å². The maximum absolute atomic E-state index is 11.1. The first-order valence-corrected chi connectivity index (χ1v) is 9.28. The first-order valence-electron chi connectivity index (χ1n) is 9.28. The van der Waals surface area contributed by atoms with Crippen LogP contribution in [0.25, 0.3) is 0 Å². The van der Waals surface area contributed by atoms with Gasteiger partial charge in [0.1, 0.15) is 0 Å². The van der Waals surface area contributed by atoms with E-state index in [-0.39, 0.29) is 5.97 Å². The third kappa shape index (κ3) is 17.0. The van der Waals surface area contributed by atoms with Crippen molar-refractivity contribution in [3.63, 3.8) is 0 Å². The Hall–Kier alpha value is -1.05. The van der Waals surface area contributed by atoms with E-state index in [9.17, 15) is 4.79 Å². The minimum atomic E-state index is -0.0492. The van der Waals surface area contributed by atoms with Crippen molar-refractivity contribution in [2.75, 3.05) is 6.61 Å². The van der Waals surface area contributed by atoms with Crippen molar-refractivity contribution in [2.24, 2.45) is 0 Å². The molecule has 0 atom stereocenters. The van der Waals surface area contributed by atoms with Gasteiger partial charge >= 0.3 is 5.97 Å². The first kappa shape index (κ1) is 20.9. The van der Waals surface area contributed by atoms with Crippen LogP contribution in [0.5, 0.6) is 0 Å². The topological polar surface area (TPSA) is 26.3 Å². The molecule has 0 N–H and O–H groups in total. The van der Waals surface area contributed by atoms with Crippen LogP contribution in [0.1, 0.15) is 90.9 Å². The smallest absolute Gasteiger partial charge is 0.305 e. The molecule has 0 bridgehead atoms. The monoisotopic (exact) mass is 308 g/mol. The molecule has 2 heteroatoms. The Morgan fingerprint density at radius 3 is 1.91 bits per heavy atom. The normalized spacial score (nSPS) is 11.5. The number of hydrogen-bond donors (Lipinski definition) is 0. The molecule has 0 amide bonds. The molecule has 0 fully saturated rings. The van der Waals surface area contributed by atoms with Gasteiger partial charge in [0.2, 0.25) is 0 Å². The fourth-order valence-electron chi connectivity index (χ4n) is 2.33. The van der Waals surface area contributed by atoms with Gasteiger partial charge in [-0.1, -0.05) is 69.8 Å². The van der Waals surface area contributed by atoms with Crippen LogP contribution < -0.4 is 0 Å². The average molecular weight is 309 g/mol. The van der Waals surface area contributed by atoms with Crippen molar-refractivity contribution in [3.05, 3.63) is 24.3 Å². The Labute approximate surface area is 138 Å². The lowest BCUT2D eigenvalue weighted by Crippen LogP contribution is -2.03. The lowest BCUT2D eigenvalue weighted by Gasteiger charge is -2.01. The number of allylic oxidation sites excluding steroid dienone is 4. The van der Waals surface area contributed by atoms with Crippen molar-refractivity contribution in [1.82, 2.24) is 0 Å². The maximum atomic E-state index is 11.1. The predicted octanol–water partition coefficient (Wildman–Crippen LogP) is 6.36. The predicted molar refractivity (Wildman–Crippen MR) is 96.0 cm³/mol. The van der Waals surface area contributed by atoms with Gasteiger partial charge in [-0.25, -0.2) is 0 Å². The molecule has 0 unspecified atom stereocenters. The van der Waals surface area contributed by atoms with E-state index in [1.807, 2.05) is 6.92 Å². The number of unbranched alkanes of at least 4 members (excludes halogenated alkanes) is 9. The highest BCUT2D eigenvalue weighted by molar-refractivity contribution is 5.69. The standard InChI is InChI=1S/C20H36O2/c1-3-5-6-7-8-9-10-11-12-13-14-15-16-17-18-19-20(21)22-4-2/h9-12H,3-8,13-19H2,1-2H3/b10-9+,12-11-. The van der Waals surface area contributed by atoms with E-state index in [0.29, 0.717) is 13.0 Å². The molecule has 0 aliphatic carbocycles. The molecular formula is C20H36O2. The van der Waals surface area contributed by atoms with Gasteiger partial charge in [0.25, 0.3) is 0 Å². The number of rotatable bonds is 15. The van der Waals surface area contributed by atoms with Crippen LogP contribution in [-0.4, -0.2) is 12.6 Å². The zero-order chi connectivity index (χ0) is 16.3. The fourth-order valence-corrected chi connectivity index (χ4v) is 2.33. The SMILES string of the molecule is CCCCCC/C=C/C=C\CCCCCCCC(=O)OCC. The van der Waals surface area contributed by atoms with Crippen LogP contribution in [0.2, 0.25) is 0 Å². The largest absolute Gasteiger partial charge is 0.466 e. The maximum Gasteiger partial charge on any atom is 0.305 e. The summed E-state index contributed by atoms with van der Waals surface area (Å²) in [5.74, 6) is -0.0492. The minimum Gasteiger partial charge on any atom is -0.466 e. The van der Waals surface area contributed by atoms with E-state index in [4.69, 9.17) is 4.74 Å². The molecule has 0 saturated carbocycles. The summed E-state index contributed by atoms with van der Waals surface area (Å²) >= 11 is 0. The third-order valence-electron chi connectivity index (χ3n) is 3.66. The summed E-state index contributed by atoms with van der Waals surface area (Å²) in [4.78, 5) is 11.1. The van der Waals surface area contributed by atoms with Gasteiger partial charge in [-0.05, 0) is 39.0 Å². The Kier molecular flexibility index (Phi) is 17.1. The van der Waals surface area contributed by atoms with E-state index in [1.165, 1.54) is 51.4 Å². The molecule has 0 spiro atoms. The summed E-state index contributed by atoms with van der Waals surface area (Å²) in [7, 11) is 0. The quantitative estimate of drug-likeness (QED) is 0.200. The second kappa shape index (κ2) is 18.0. The fraction of sp³-hybridized carbons (Fsp3) is 0.750. The summed E-state index contributed by atoms with van der Waals surface area (Å²) < 4.78 is 4.91. The molecule has 0 aromatic heterocycles. The molecule has 0 radical (unpaired) electrons. The number of esters is 1. The molecule has 0 aromatic rings.